The van der Waals surface area contributed by atoms with E-state index in [1.165, 1.54) is 42.1 Å². The smallest absolute Gasteiger partial charge is 0.338 e. The molecule has 1 heterocycles. The molecule has 9 heteroatoms. The van der Waals surface area contributed by atoms with Crippen LogP contribution in [0.2, 0.25) is 0 Å². The van der Waals surface area contributed by atoms with Crippen molar-refractivity contribution in [2.75, 3.05) is 23.0 Å². The van der Waals surface area contributed by atoms with Gasteiger partial charge in [-0.15, -0.1) is 11.8 Å². The molecule has 3 rings (SSSR count). The van der Waals surface area contributed by atoms with Crippen molar-refractivity contribution in [3.05, 3.63) is 53.6 Å². The molecule has 27 heavy (non-hydrogen) atoms. The Labute approximate surface area is 158 Å². The Kier molecular flexibility index (Phi) is 5.41. The van der Waals surface area contributed by atoms with E-state index in [-0.39, 0.29) is 11.5 Å². The molecule has 2 aromatic rings. The topological polar surface area (TPSA) is 128 Å². The van der Waals surface area contributed by atoms with Crippen molar-refractivity contribution >= 4 is 46.8 Å². The molecular formula is C18H15N3O5S. The molecule has 0 bridgehead atoms. The van der Waals surface area contributed by atoms with Crippen LogP contribution in [0.4, 0.5) is 11.4 Å². The molecule has 1 aliphatic heterocycles. The predicted octanol–water partition coefficient (Wildman–Crippen LogP) is 1.63. The molecule has 0 radical (unpaired) electrons. The lowest BCUT2D eigenvalue weighted by Gasteiger charge is -2.16. The third kappa shape index (κ3) is 4.64. The van der Waals surface area contributed by atoms with Crippen LogP contribution < -0.4 is 16.4 Å². The fourth-order valence-electron chi connectivity index (χ4n) is 2.34. The van der Waals surface area contributed by atoms with Gasteiger partial charge in [0.05, 0.1) is 17.0 Å². The molecule has 0 spiro atoms. The summed E-state index contributed by atoms with van der Waals surface area (Å²) in [6, 6.07) is 10.8. The standard InChI is InChI=1S/C18H15N3O5S/c19-17(24)10-1-4-12(5-2-10)20-15(22)8-26-18(25)11-3-6-14-13(7-11)21-16(23)9-27-14/h1-7H,8-9H2,(H2,19,24)(H,20,22)(H,21,23). The highest BCUT2D eigenvalue weighted by Gasteiger charge is 2.18. The van der Waals surface area contributed by atoms with Crippen LogP contribution in [-0.2, 0) is 14.3 Å². The molecule has 0 fully saturated rings. The van der Waals surface area contributed by atoms with E-state index >= 15 is 0 Å². The van der Waals surface area contributed by atoms with Crippen LogP contribution >= 0.6 is 11.8 Å². The first-order valence-electron chi connectivity index (χ1n) is 7.86. The average molecular weight is 385 g/mol. The van der Waals surface area contributed by atoms with Crippen LogP contribution in [0, 0.1) is 0 Å². The Bertz CT molecular complexity index is 927. The molecule has 0 aromatic heterocycles. The number of carbonyl (C=O) groups excluding carboxylic acids is 4. The van der Waals surface area contributed by atoms with Crippen molar-refractivity contribution in [1.29, 1.82) is 0 Å². The van der Waals surface area contributed by atoms with E-state index in [0.717, 1.165) is 4.90 Å². The second kappa shape index (κ2) is 7.92. The lowest BCUT2D eigenvalue weighted by molar-refractivity contribution is -0.119. The number of hydrogen-bond acceptors (Lipinski definition) is 6. The summed E-state index contributed by atoms with van der Waals surface area (Å²) in [5, 5.41) is 5.23. The number of amides is 3. The van der Waals surface area contributed by atoms with Gasteiger partial charge in [-0.2, -0.15) is 0 Å². The maximum absolute atomic E-state index is 12.1. The first kappa shape index (κ1) is 18.5. The zero-order chi connectivity index (χ0) is 19.4. The van der Waals surface area contributed by atoms with E-state index in [4.69, 9.17) is 10.5 Å². The molecule has 0 saturated carbocycles. The summed E-state index contributed by atoms with van der Waals surface area (Å²) >= 11 is 1.38. The minimum Gasteiger partial charge on any atom is -0.452 e. The lowest BCUT2D eigenvalue weighted by Crippen LogP contribution is -2.22. The number of carbonyl (C=O) groups is 4. The van der Waals surface area contributed by atoms with E-state index < -0.39 is 24.4 Å². The van der Waals surface area contributed by atoms with Gasteiger partial charge in [-0.25, -0.2) is 4.79 Å². The number of primary amides is 1. The number of hydrogen-bond donors (Lipinski definition) is 3. The molecule has 1 aliphatic rings. The molecule has 2 aromatic carbocycles. The minimum atomic E-state index is -0.679. The fraction of sp³-hybridized carbons (Fsp3) is 0.111. The highest BCUT2D eigenvalue weighted by molar-refractivity contribution is 8.00. The van der Waals surface area contributed by atoms with Gasteiger partial charge >= 0.3 is 5.97 Å². The summed E-state index contributed by atoms with van der Waals surface area (Å²) in [5.41, 5.74) is 6.68. The molecule has 138 valence electrons. The zero-order valence-corrected chi connectivity index (χ0v) is 14.8. The highest BCUT2D eigenvalue weighted by Crippen LogP contribution is 2.32. The Morgan fingerprint density at radius 2 is 1.81 bits per heavy atom. The van der Waals surface area contributed by atoms with Gasteiger partial charge in [0.15, 0.2) is 6.61 Å². The zero-order valence-electron chi connectivity index (χ0n) is 14.0. The summed E-state index contributed by atoms with van der Waals surface area (Å²) in [4.78, 5) is 47.3. The quantitative estimate of drug-likeness (QED) is 0.671. The second-order valence-corrected chi connectivity index (χ2v) is 6.63. The van der Waals surface area contributed by atoms with Crippen molar-refractivity contribution in [2.24, 2.45) is 5.73 Å². The maximum atomic E-state index is 12.1. The van der Waals surface area contributed by atoms with Gasteiger partial charge in [-0.1, -0.05) is 0 Å². The van der Waals surface area contributed by atoms with Gasteiger partial charge in [-0.3, -0.25) is 14.4 Å². The fourth-order valence-corrected chi connectivity index (χ4v) is 3.13. The number of nitrogens with two attached hydrogens (primary N) is 1. The number of benzene rings is 2. The number of fused-ring (bicyclic) bond motifs is 1. The third-order valence-electron chi connectivity index (χ3n) is 3.64. The van der Waals surface area contributed by atoms with Crippen molar-refractivity contribution < 1.29 is 23.9 Å². The number of thioether (sulfide) groups is 1. The molecular weight excluding hydrogens is 370 g/mol. The monoisotopic (exact) mass is 385 g/mol. The Morgan fingerprint density at radius 1 is 1.11 bits per heavy atom. The number of esters is 1. The summed E-state index contributed by atoms with van der Waals surface area (Å²) < 4.78 is 5.00. The molecule has 0 saturated heterocycles. The van der Waals surface area contributed by atoms with Crippen LogP contribution in [0.5, 0.6) is 0 Å². The molecule has 3 amide bonds. The van der Waals surface area contributed by atoms with E-state index in [0.29, 0.717) is 22.7 Å². The van der Waals surface area contributed by atoms with Gasteiger partial charge < -0.3 is 21.1 Å². The average Bonchev–Trinajstić information content (AvgIpc) is 2.66. The Balaban J connectivity index is 1.55. The first-order chi connectivity index (χ1) is 12.9. The van der Waals surface area contributed by atoms with Gasteiger partial charge in [0.2, 0.25) is 11.8 Å². The van der Waals surface area contributed by atoms with Crippen molar-refractivity contribution in [1.82, 2.24) is 0 Å². The van der Waals surface area contributed by atoms with Crippen LogP contribution in [-0.4, -0.2) is 36.1 Å². The van der Waals surface area contributed by atoms with E-state index in [2.05, 4.69) is 10.6 Å². The maximum Gasteiger partial charge on any atom is 0.338 e. The molecule has 8 nitrogen and oxygen atoms in total. The summed E-state index contributed by atoms with van der Waals surface area (Å²) in [5.74, 6) is -1.59. The highest BCUT2D eigenvalue weighted by atomic mass is 32.2. The summed E-state index contributed by atoms with van der Waals surface area (Å²) in [6.07, 6.45) is 0. The number of rotatable bonds is 5. The number of ether oxygens (including phenoxy) is 1. The second-order valence-electron chi connectivity index (χ2n) is 5.61. The Morgan fingerprint density at radius 3 is 2.52 bits per heavy atom. The number of anilines is 2. The van der Waals surface area contributed by atoms with Crippen molar-refractivity contribution in [3.8, 4) is 0 Å². The van der Waals surface area contributed by atoms with Gasteiger partial charge in [-0.05, 0) is 42.5 Å². The van der Waals surface area contributed by atoms with E-state index in [1.54, 1.807) is 12.1 Å². The van der Waals surface area contributed by atoms with Gasteiger partial charge in [0, 0.05) is 16.1 Å². The normalized spacial score (nSPS) is 12.5. The predicted molar refractivity (Wildman–Crippen MR) is 99.7 cm³/mol. The molecule has 0 aliphatic carbocycles. The Hall–Kier alpha value is -3.33. The molecule has 0 unspecified atom stereocenters. The molecule has 0 atom stereocenters. The van der Waals surface area contributed by atoms with Crippen LogP contribution in [0.25, 0.3) is 0 Å². The SMILES string of the molecule is NC(=O)c1ccc(NC(=O)COC(=O)c2ccc3c(c2)NC(=O)CS3)cc1. The number of nitrogens with one attached hydrogen (secondary N) is 2. The van der Waals surface area contributed by atoms with Crippen molar-refractivity contribution in [2.45, 2.75) is 4.90 Å². The van der Waals surface area contributed by atoms with Crippen LogP contribution in [0.3, 0.4) is 0 Å². The summed E-state index contributed by atoms with van der Waals surface area (Å²) in [7, 11) is 0. The van der Waals surface area contributed by atoms with E-state index in [1.807, 2.05) is 0 Å². The minimum absolute atomic E-state index is 0.139. The lowest BCUT2D eigenvalue weighted by atomic mass is 10.2. The van der Waals surface area contributed by atoms with Crippen LogP contribution in [0.15, 0.2) is 47.4 Å². The van der Waals surface area contributed by atoms with Gasteiger partial charge in [0.1, 0.15) is 0 Å². The van der Waals surface area contributed by atoms with E-state index in [9.17, 15) is 19.2 Å². The van der Waals surface area contributed by atoms with Crippen LogP contribution in [0.1, 0.15) is 20.7 Å². The van der Waals surface area contributed by atoms with Crippen molar-refractivity contribution in [3.63, 3.8) is 0 Å². The molecule has 4 N–H and O–H groups in total. The first-order valence-corrected chi connectivity index (χ1v) is 8.84. The largest absolute Gasteiger partial charge is 0.452 e. The summed E-state index contributed by atoms with van der Waals surface area (Å²) in [6.45, 7) is -0.478. The third-order valence-corrected chi connectivity index (χ3v) is 4.71. The van der Waals surface area contributed by atoms with Gasteiger partial charge in [0.25, 0.3) is 5.91 Å².